The molecule has 2 amide bonds. The normalized spacial score (nSPS) is 35.8. The number of nitrogens with one attached hydrogen (secondary N) is 1. The van der Waals surface area contributed by atoms with Crippen LogP contribution in [0.25, 0.3) is 0 Å². The van der Waals surface area contributed by atoms with E-state index in [-0.39, 0.29) is 17.8 Å². The molecular formula is C9H11IN2O4S. The van der Waals surface area contributed by atoms with Gasteiger partial charge in [-0.05, 0) is 0 Å². The van der Waals surface area contributed by atoms with Crippen molar-refractivity contribution in [2.24, 2.45) is 5.41 Å². The summed E-state index contributed by atoms with van der Waals surface area (Å²) in [5, 5.41) is 11.6. The molecule has 0 radical (unpaired) electrons. The molecular weight excluding hydrogens is 359 g/mol. The second kappa shape index (κ2) is 4.63. The van der Waals surface area contributed by atoms with Crippen molar-refractivity contribution < 1.29 is 19.5 Å². The lowest BCUT2D eigenvalue weighted by Gasteiger charge is -2.53. The van der Waals surface area contributed by atoms with Crippen LogP contribution in [-0.4, -0.2) is 56.4 Å². The monoisotopic (exact) mass is 370 g/mol. The van der Waals surface area contributed by atoms with E-state index in [2.05, 4.69) is 5.32 Å². The number of rotatable bonds is 4. The van der Waals surface area contributed by atoms with Crippen molar-refractivity contribution in [2.45, 2.75) is 11.4 Å². The summed E-state index contributed by atoms with van der Waals surface area (Å²) < 4.78 is 0.468. The minimum atomic E-state index is -0.863. The first kappa shape index (κ1) is 12.9. The molecule has 94 valence electrons. The van der Waals surface area contributed by atoms with Crippen LogP contribution in [0.3, 0.4) is 0 Å². The minimum Gasteiger partial charge on any atom is -0.481 e. The zero-order valence-electron chi connectivity index (χ0n) is 8.76. The maximum absolute atomic E-state index is 11.7. The molecule has 8 heteroatoms. The Hall–Kier alpha value is -0.510. The first-order valence-electron chi connectivity index (χ1n) is 4.97. The van der Waals surface area contributed by atoms with Gasteiger partial charge in [0.1, 0.15) is 16.8 Å². The quantitative estimate of drug-likeness (QED) is 0.302. The number of hydrogen-bond acceptors (Lipinski definition) is 4. The summed E-state index contributed by atoms with van der Waals surface area (Å²) in [4.78, 5) is 34.9. The molecule has 6 nitrogen and oxygen atoms in total. The molecule has 2 N–H and O–H groups in total. The number of nitrogens with zero attached hydrogens (tertiary/aromatic N) is 1. The summed E-state index contributed by atoms with van der Waals surface area (Å²) in [6.07, 6.45) is 0.512. The fourth-order valence-corrected chi connectivity index (χ4v) is 4.74. The van der Waals surface area contributed by atoms with Crippen LogP contribution in [0.5, 0.6) is 0 Å². The van der Waals surface area contributed by atoms with Crippen LogP contribution in [0, 0.1) is 5.41 Å². The number of alkyl halides is 1. The van der Waals surface area contributed by atoms with Gasteiger partial charge in [0.15, 0.2) is 0 Å². The maximum atomic E-state index is 11.7. The smallest absolute Gasteiger partial charge is 0.313 e. The van der Waals surface area contributed by atoms with Crippen LogP contribution in [0.1, 0.15) is 0 Å². The number of fused-ring (bicyclic) bond motifs is 1. The Morgan fingerprint density at radius 3 is 3.00 bits per heavy atom. The molecule has 0 aliphatic carbocycles. The zero-order valence-corrected chi connectivity index (χ0v) is 11.7. The molecule has 3 atom stereocenters. The molecule has 2 saturated heterocycles. The van der Waals surface area contributed by atoms with Crippen molar-refractivity contribution in [3.63, 3.8) is 0 Å². The number of carboxylic acids is 1. The van der Waals surface area contributed by atoms with Gasteiger partial charge in [-0.2, -0.15) is 0 Å². The van der Waals surface area contributed by atoms with Gasteiger partial charge < -0.3 is 15.3 Å². The third-order valence-corrected chi connectivity index (χ3v) is 6.15. The molecule has 2 heterocycles. The lowest BCUT2D eigenvalue weighted by Crippen LogP contribution is -2.73. The van der Waals surface area contributed by atoms with Crippen LogP contribution in [-0.2, 0) is 14.4 Å². The number of halogens is 1. The van der Waals surface area contributed by atoms with Gasteiger partial charge in [0.25, 0.3) is 0 Å². The van der Waals surface area contributed by atoms with E-state index >= 15 is 0 Å². The molecule has 17 heavy (non-hydrogen) atoms. The molecule has 0 aromatic heterocycles. The Bertz CT molecular complexity index is 380. The van der Waals surface area contributed by atoms with Crippen molar-refractivity contribution >= 4 is 52.6 Å². The van der Waals surface area contributed by atoms with Crippen molar-refractivity contribution in [3.8, 4) is 0 Å². The lowest BCUT2D eigenvalue weighted by atomic mass is 9.89. The molecule has 0 aromatic carbocycles. The molecule has 2 unspecified atom stereocenters. The summed E-state index contributed by atoms with van der Waals surface area (Å²) in [7, 11) is 0. The van der Waals surface area contributed by atoms with Gasteiger partial charge in [0.2, 0.25) is 12.3 Å². The fourth-order valence-electron chi connectivity index (χ4n) is 1.99. The van der Waals surface area contributed by atoms with Crippen LogP contribution in [0.4, 0.5) is 0 Å². The van der Waals surface area contributed by atoms with Crippen molar-refractivity contribution in [2.75, 3.05) is 16.7 Å². The predicted octanol–water partition coefficient (Wildman–Crippen LogP) is -0.478. The summed E-state index contributed by atoms with van der Waals surface area (Å²) >= 11 is 3.46. The number of carboxylic acid groups (broad SMARTS) is 1. The molecule has 0 saturated carbocycles. The van der Waals surface area contributed by atoms with E-state index in [4.69, 9.17) is 0 Å². The highest BCUT2D eigenvalue weighted by atomic mass is 127. The van der Waals surface area contributed by atoms with Crippen LogP contribution >= 0.6 is 34.4 Å². The molecule has 0 aromatic rings. The number of aliphatic carboxylic acids is 1. The van der Waals surface area contributed by atoms with E-state index in [0.717, 1.165) is 0 Å². The molecule has 2 fully saturated rings. The van der Waals surface area contributed by atoms with Gasteiger partial charge in [-0.15, -0.1) is 11.8 Å². The standard InChI is InChI=1S/C9H11IN2O4S/c10-1-9(8(15)16)2-12-6(14)5(11-4-13)7(12)17-3-9/h4-5,7H,1-3H2,(H,11,13)(H,15,16)/t5?,7-,9?/m1/s1. The Morgan fingerprint density at radius 1 is 1.76 bits per heavy atom. The molecule has 2 rings (SSSR count). The Kier molecular flexibility index (Phi) is 3.53. The summed E-state index contributed by atoms with van der Waals surface area (Å²) in [5.74, 6) is -0.584. The SMILES string of the molecule is O=CNC1C(=O)N2CC(CI)(C(=O)O)CS[C@H]12. The van der Waals surface area contributed by atoms with Crippen LogP contribution in [0.15, 0.2) is 0 Å². The van der Waals surface area contributed by atoms with Gasteiger partial charge >= 0.3 is 5.97 Å². The number of hydrogen-bond donors (Lipinski definition) is 2. The molecule has 2 aliphatic rings. The summed E-state index contributed by atoms with van der Waals surface area (Å²) in [6, 6.07) is -0.487. The largest absolute Gasteiger partial charge is 0.481 e. The van der Waals surface area contributed by atoms with Gasteiger partial charge in [-0.1, -0.05) is 22.6 Å². The fraction of sp³-hybridized carbons (Fsp3) is 0.667. The third-order valence-electron chi connectivity index (χ3n) is 3.10. The van der Waals surface area contributed by atoms with Crippen molar-refractivity contribution in [1.82, 2.24) is 10.2 Å². The number of carbonyl (C=O) groups excluding carboxylic acids is 2. The van der Waals surface area contributed by atoms with Crippen molar-refractivity contribution in [1.29, 1.82) is 0 Å². The van der Waals surface area contributed by atoms with E-state index in [1.165, 1.54) is 11.8 Å². The van der Waals surface area contributed by atoms with E-state index in [1.807, 2.05) is 22.6 Å². The highest BCUT2D eigenvalue weighted by molar-refractivity contribution is 14.1. The Morgan fingerprint density at radius 2 is 2.47 bits per heavy atom. The highest BCUT2D eigenvalue weighted by Gasteiger charge is 2.56. The van der Waals surface area contributed by atoms with Gasteiger partial charge in [0.05, 0.1) is 0 Å². The number of carbonyl (C=O) groups is 3. The molecule has 0 bridgehead atoms. The minimum absolute atomic E-state index is 0.108. The van der Waals surface area contributed by atoms with Crippen molar-refractivity contribution in [3.05, 3.63) is 0 Å². The predicted molar refractivity (Wildman–Crippen MR) is 69.9 cm³/mol. The summed E-state index contributed by atoms with van der Waals surface area (Å²) in [5.41, 5.74) is -0.858. The van der Waals surface area contributed by atoms with Gasteiger partial charge in [0, 0.05) is 16.7 Å². The van der Waals surface area contributed by atoms with Gasteiger partial charge in [-0.3, -0.25) is 14.4 Å². The average molecular weight is 370 g/mol. The first-order valence-corrected chi connectivity index (χ1v) is 7.54. The summed E-state index contributed by atoms with van der Waals surface area (Å²) in [6.45, 7) is 0.235. The van der Waals surface area contributed by atoms with Crippen LogP contribution < -0.4 is 5.32 Å². The third kappa shape index (κ3) is 1.90. The Labute approximate surface area is 116 Å². The topological polar surface area (TPSA) is 86.7 Å². The average Bonchev–Trinajstić information content (AvgIpc) is 2.34. The first-order chi connectivity index (χ1) is 8.05. The number of β-lactam (4-membered cyclic amide) rings is 1. The zero-order chi connectivity index (χ0) is 12.6. The van der Waals surface area contributed by atoms with E-state index in [1.54, 1.807) is 4.90 Å². The number of amides is 2. The number of thioether (sulfide) groups is 1. The molecule has 2 aliphatic heterocycles. The van der Waals surface area contributed by atoms with E-state index in [0.29, 0.717) is 16.6 Å². The maximum Gasteiger partial charge on any atom is 0.313 e. The van der Waals surface area contributed by atoms with E-state index < -0.39 is 17.4 Å². The lowest BCUT2D eigenvalue weighted by molar-refractivity contribution is -0.156. The second-order valence-corrected chi connectivity index (χ2v) is 6.02. The highest BCUT2D eigenvalue weighted by Crippen LogP contribution is 2.42. The Balaban J connectivity index is 2.10. The van der Waals surface area contributed by atoms with Gasteiger partial charge in [-0.25, -0.2) is 0 Å². The second-order valence-electron chi connectivity index (χ2n) is 4.15. The van der Waals surface area contributed by atoms with E-state index in [9.17, 15) is 19.5 Å². The molecule has 0 spiro atoms. The van der Waals surface area contributed by atoms with Crippen LogP contribution in [0.2, 0.25) is 0 Å².